The molecule has 0 aliphatic rings. The predicted octanol–water partition coefficient (Wildman–Crippen LogP) is 1.82. The first-order valence-corrected chi connectivity index (χ1v) is 3.79. The highest BCUT2D eigenvalue weighted by atomic mass is 32.2. The topological polar surface area (TPSA) is 20.3 Å². The van der Waals surface area contributed by atoms with Crippen LogP contribution in [0.15, 0.2) is 30.3 Å². The van der Waals surface area contributed by atoms with Gasteiger partial charge in [-0.25, -0.2) is 3.71 Å². The summed E-state index contributed by atoms with van der Waals surface area (Å²) in [5.41, 5.74) is 0.581. The summed E-state index contributed by atoms with van der Waals surface area (Å²) in [4.78, 5) is 11.1. The summed E-state index contributed by atoms with van der Waals surface area (Å²) < 4.78 is 0.954. The molecule has 1 aromatic rings. The fourth-order valence-electron chi connectivity index (χ4n) is 0.696. The summed E-state index contributed by atoms with van der Waals surface area (Å²) in [5, 5.41) is 0. The van der Waals surface area contributed by atoms with Crippen molar-refractivity contribution in [2.75, 3.05) is 0 Å². The quantitative estimate of drug-likeness (QED) is 0.639. The van der Waals surface area contributed by atoms with E-state index in [1.165, 1.54) is 0 Å². The minimum absolute atomic E-state index is 0.225. The minimum Gasteiger partial charge on any atom is -0.267 e. The molecule has 1 amide bonds. The van der Waals surface area contributed by atoms with E-state index in [2.05, 4.69) is 25.6 Å². The van der Waals surface area contributed by atoms with Gasteiger partial charge in [-0.05, 0) is 12.1 Å². The van der Waals surface area contributed by atoms with E-state index in [0.29, 0.717) is 5.56 Å². The number of hydrogen-bond acceptors (Lipinski definition) is 3. The van der Waals surface area contributed by atoms with Crippen molar-refractivity contribution in [2.45, 2.75) is 0 Å². The lowest BCUT2D eigenvalue weighted by Crippen LogP contribution is -2.10. The molecule has 2 nitrogen and oxygen atoms in total. The Balaban J connectivity index is 2.86. The molecule has 0 fully saturated rings. The molecule has 58 valence electrons. The molecule has 0 saturated heterocycles. The highest BCUT2D eigenvalue weighted by molar-refractivity contribution is 7.94. The molecule has 0 N–H and O–H groups in total. The summed E-state index contributed by atoms with van der Waals surface area (Å²) >= 11 is 7.50. The van der Waals surface area contributed by atoms with Gasteiger partial charge in [-0.15, -0.1) is 0 Å². The van der Waals surface area contributed by atoms with Crippen LogP contribution in [0.4, 0.5) is 0 Å². The lowest BCUT2D eigenvalue weighted by atomic mass is 10.2. The third-order valence-corrected chi connectivity index (χ3v) is 1.57. The number of nitrogens with zero attached hydrogens (tertiary/aromatic N) is 1. The van der Waals surface area contributed by atoms with Gasteiger partial charge in [0.15, 0.2) is 0 Å². The predicted molar refractivity (Wildman–Crippen MR) is 50.6 cm³/mol. The molecule has 4 heteroatoms. The van der Waals surface area contributed by atoms with Crippen LogP contribution in [0.2, 0.25) is 0 Å². The standard InChI is InChI=1S/C7H7NOS2/c9-7(8(10)11)6-4-2-1-3-5-6/h1-5,10-11H. The Morgan fingerprint density at radius 1 is 1.18 bits per heavy atom. The normalized spacial score (nSPS) is 9.27. The van der Waals surface area contributed by atoms with E-state index in [4.69, 9.17) is 0 Å². The highest BCUT2D eigenvalue weighted by Crippen LogP contribution is 2.07. The molecule has 11 heavy (non-hydrogen) atoms. The monoisotopic (exact) mass is 185 g/mol. The molecule has 0 spiro atoms. The van der Waals surface area contributed by atoms with Gasteiger partial charge in [-0.2, -0.15) is 0 Å². The number of hydrogen-bond donors (Lipinski definition) is 2. The van der Waals surface area contributed by atoms with E-state index in [9.17, 15) is 4.79 Å². The van der Waals surface area contributed by atoms with Crippen molar-refractivity contribution in [3.05, 3.63) is 35.9 Å². The lowest BCUT2D eigenvalue weighted by molar-refractivity contribution is 0.0936. The van der Waals surface area contributed by atoms with Gasteiger partial charge in [-0.1, -0.05) is 43.8 Å². The number of rotatable bonds is 1. The Morgan fingerprint density at radius 2 is 1.73 bits per heavy atom. The molecule has 0 radical (unpaired) electrons. The third-order valence-electron chi connectivity index (χ3n) is 1.20. The second kappa shape index (κ2) is 3.69. The zero-order valence-corrected chi connectivity index (χ0v) is 7.43. The van der Waals surface area contributed by atoms with Crippen LogP contribution in [0.25, 0.3) is 0 Å². The van der Waals surface area contributed by atoms with Gasteiger partial charge in [0.25, 0.3) is 5.91 Å². The Morgan fingerprint density at radius 3 is 2.18 bits per heavy atom. The summed E-state index contributed by atoms with van der Waals surface area (Å²) in [6, 6.07) is 8.85. The molecule has 0 saturated carbocycles. The number of thiol groups is 2. The molecule has 0 aliphatic carbocycles. The zero-order valence-electron chi connectivity index (χ0n) is 5.64. The molecule has 0 aromatic heterocycles. The fourth-order valence-corrected chi connectivity index (χ4v) is 0.927. The van der Waals surface area contributed by atoms with Crippen molar-refractivity contribution in [1.82, 2.24) is 3.71 Å². The second-order valence-electron chi connectivity index (χ2n) is 1.96. The number of amides is 1. The van der Waals surface area contributed by atoms with Crippen LogP contribution in [0.1, 0.15) is 10.4 Å². The average molecular weight is 185 g/mol. The van der Waals surface area contributed by atoms with E-state index < -0.39 is 0 Å². The van der Waals surface area contributed by atoms with Gasteiger partial charge in [-0.3, -0.25) is 4.79 Å². The van der Waals surface area contributed by atoms with Gasteiger partial charge in [0.2, 0.25) is 0 Å². The van der Waals surface area contributed by atoms with Crippen molar-refractivity contribution >= 4 is 31.5 Å². The molecule has 0 aliphatic heterocycles. The molecule has 1 rings (SSSR count). The van der Waals surface area contributed by atoms with Crippen LogP contribution in [0.3, 0.4) is 0 Å². The van der Waals surface area contributed by atoms with Crippen LogP contribution in [0, 0.1) is 0 Å². The molecule has 0 bridgehead atoms. The SMILES string of the molecule is O=C(c1ccccc1)N(S)S. The van der Waals surface area contributed by atoms with Crippen molar-refractivity contribution in [1.29, 1.82) is 0 Å². The van der Waals surface area contributed by atoms with E-state index >= 15 is 0 Å². The minimum atomic E-state index is -0.225. The van der Waals surface area contributed by atoms with Gasteiger partial charge in [0, 0.05) is 5.56 Å². The summed E-state index contributed by atoms with van der Waals surface area (Å²) in [7, 11) is 0. The largest absolute Gasteiger partial charge is 0.273 e. The van der Waals surface area contributed by atoms with Crippen LogP contribution >= 0.6 is 25.6 Å². The van der Waals surface area contributed by atoms with Crippen LogP contribution in [-0.4, -0.2) is 9.62 Å². The molecular weight excluding hydrogens is 178 g/mol. The van der Waals surface area contributed by atoms with Gasteiger partial charge >= 0.3 is 0 Å². The smallest absolute Gasteiger partial charge is 0.267 e. The third kappa shape index (κ3) is 2.17. The van der Waals surface area contributed by atoms with Crippen molar-refractivity contribution in [3.8, 4) is 0 Å². The van der Waals surface area contributed by atoms with E-state index in [1.807, 2.05) is 6.07 Å². The van der Waals surface area contributed by atoms with Crippen LogP contribution in [0.5, 0.6) is 0 Å². The molecular formula is C7H7NOS2. The fraction of sp³-hybridized carbons (Fsp3) is 0. The number of carbonyl (C=O) groups is 1. The first-order chi connectivity index (χ1) is 5.22. The van der Waals surface area contributed by atoms with Crippen LogP contribution in [-0.2, 0) is 0 Å². The molecule has 1 aromatic carbocycles. The Hall–Kier alpha value is -0.610. The van der Waals surface area contributed by atoms with Crippen molar-refractivity contribution in [3.63, 3.8) is 0 Å². The lowest BCUT2D eigenvalue weighted by Gasteiger charge is -2.05. The van der Waals surface area contributed by atoms with Gasteiger partial charge in [0.05, 0.1) is 0 Å². The maximum absolute atomic E-state index is 11.1. The molecule has 0 heterocycles. The average Bonchev–Trinajstić information content (AvgIpc) is 2.05. The van der Waals surface area contributed by atoms with Gasteiger partial charge < -0.3 is 0 Å². The second-order valence-corrected chi connectivity index (χ2v) is 3.08. The first-order valence-electron chi connectivity index (χ1n) is 2.99. The van der Waals surface area contributed by atoms with Gasteiger partial charge in [0.1, 0.15) is 0 Å². The maximum Gasteiger partial charge on any atom is 0.273 e. The maximum atomic E-state index is 11.1. The van der Waals surface area contributed by atoms with E-state index in [-0.39, 0.29) is 5.91 Å². The molecule has 0 unspecified atom stereocenters. The Labute approximate surface area is 76.3 Å². The van der Waals surface area contributed by atoms with Crippen molar-refractivity contribution in [2.24, 2.45) is 0 Å². The summed E-state index contributed by atoms with van der Waals surface area (Å²) in [5.74, 6) is -0.225. The Bertz CT molecular complexity index is 248. The summed E-state index contributed by atoms with van der Waals surface area (Å²) in [6.07, 6.45) is 0. The zero-order chi connectivity index (χ0) is 8.27. The number of carbonyl (C=O) groups excluding carboxylic acids is 1. The number of benzene rings is 1. The van der Waals surface area contributed by atoms with E-state index in [0.717, 1.165) is 3.71 Å². The first kappa shape index (κ1) is 8.49. The summed E-state index contributed by atoms with van der Waals surface area (Å²) in [6.45, 7) is 0. The van der Waals surface area contributed by atoms with Crippen LogP contribution < -0.4 is 0 Å². The van der Waals surface area contributed by atoms with E-state index in [1.54, 1.807) is 24.3 Å². The molecule has 0 atom stereocenters. The Kier molecular flexibility index (Phi) is 2.84. The highest BCUT2D eigenvalue weighted by Gasteiger charge is 2.06. The van der Waals surface area contributed by atoms with Crippen molar-refractivity contribution < 1.29 is 4.79 Å².